The smallest absolute Gasteiger partial charge is 0.258 e. The maximum atomic E-state index is 12.7. The molecule has 30 heavy (non-hydrogen) atoms. The van der Waals surface area contributed by atoms with Crippen LogP contribution in [0.4, 0.5) is 0 Å². The zero-order valence-electron chi connectivity index (χ0n) is 16.5. The molecule has 0 radical (unpaired) electrons. The van der Waals surface area contributed by atoms with Crippen molar-refractivity contribution < 1.29 is 9.84 Å². The largest absolute Gasteiger partial charge is 0.487 e. The number of nitrogens with zero attached hydrogens (tertiary/aromatic N) is 4. The van der Waals surface area contributed by atoms with E-state index in [4.69, 9.17) is 21.4 Å². The fraction of sp³-hybridized carbons (Fsp3) is 0.227. The highest BCUT2D eigenvalue weighted by molar-refractivity contribution is 6.30. The van der Waals surface area contributed by atoms with Crippen molar-refractivity contribution in [2.45, 2.75) is 26.4 Å². The van der Waals surface area contributed by atoms with Crippen LogP contribution in [0.1, 0.15) is 23.5 Å². The molecule has 0 aromatic carbocycles. The zero-order valence-corrected chi connectivity index (χ0v) is 17.2. The van der Waals surface area contributed by atoms with Crippen molar-refractivity contribution in [1.29, 1.82) is 0 Å². The van der Waals surface area contributed by atoms with E-state index >= 15 is 0 Å². The minimum Gasteiger partial charge on any atom is -0.487 e. The van der Waals surface area contributed by atoms with E-state index in [2.05, 4.69) is 9.97 Å². The van der Waals surface area contributed by atoms with Gasteiger partial charge in [0.05, 0.1) is 22.1 Å². The molecule has 0 fully saturated rings. The number of halogens is 1. The van der Waals surface area contributed by atoms with Gasteiger partial charge in [-0.2, -0.15) is 0 Å². The maximum Gasteiger partial charge on any atom is 0.258 e. The fourth-order valence-corrected chi connectivity index (χ4v) is 3.35. The minimum absolute atomic E-state index is 0.135. The number of pyridine rings is 3. The normalized spacial score (nSPS) is 11.2. The van der Waals surface area contributed by atoms with Crippen molar-refractivity contribution in [2.24, 2.45) is 0 Å². The van der Waals surface area contributed by atoms with E-state index in [1.165, 1.54) is 6.07 Å². The second-order valence-electron chi connectivity index (χ2n) is 6.91. The number of aliphatic hydroxyl groups is 1. The molecule has 0 aliphatic heterocycles. The van der Waals surface area contributed by atoms with Gasteiger partial charge in [-0.1, -0.05) is 11.6 Å². The Morgan fingerprint density at radius 2 is 2.07 bits per heavy atom. The highest BCUT2D eigenvalue weighted by atomic mass is 35.5. The minimum atomic E-state index is -0.200. The van der Waals surface area contributed by atoms with Crippen LogP contribution in [0.5, 0.6) is 5.75 Å². The summed E-state index contributed by atoms with van der Waals surface area (Å²) in [6, 6.07) is 10.5. The number of imidazole rings is 1. The van der Waals surface area contributed by atoms with Crippen LogP contribution in [0, 0.1) is 6.92 Å². The molecule has 4 aromatic rings. The van der Waals surface area contributed by atoms with Crippen LogP contribution in [0.25, 0.3) is 11.3 Å². The Balaban J connectivity index is 1.56. The summed E-state index contributed by atoms with van der Waals surface area (Å²) in [6.45, 7) is 2.37. The van der Waals surface area contributed by atoms with Crippen LogP contribution in [0.2, 0.25) is 5.02 Å². The topological polar surface area (TPSA) is 81.7 Å². The molecule has 154 valence electrons. The Hall–Kier alpha value is -3.16. The van der Waals surface area contributed by atoms with Gasteiger partial charge in [0.1, 0.15) is 18.0 Å². The molecule has 4 rings (SSSR count). The molecule has 0 aliphatic carbocycles. The van der Waals surface area contributed by atoms with Gasteiger partial charge in [-0.15, -0.1) is 0 Å². The molecule has 0 aliphatic rings. The zero-order chi connectivity index (χ0) is 21.1. The van der Waals surface area contributed by atoms with E-state index in [0.717, 1.165) is 28.4 Å². The van der Waals surface area contributed by atoms with Crippen molar-refractivity contribution in [3.8, 4) is 11.4 Å². The van der Waals surface area contributed by atoms with Gasteiger partial charge in [0, 0.05) is 37.0 Å². The van der Waals surface area contributed by atoms with Gasteiger partial charge >= 0.3 is 0 Å². The number of fused-ring (bicyclic) bond motifs is 1. The van der Waals surface area contributed by atoms with Gasteiger partial charge < -0.3 is 14.2 Å². The van der Waals surface area contributed by atoms with E-state index < -0.39 is 0 Å². The van der Waals surface area contributed by atoms with E-state index in [1.54, 1.807) is 35.2 Å². The van der Waals surface area contributed by atoms with Gasteiger partial charge in [-0.05, 0) is 50.1 Å². The Morgan fingerprint density at radius 1 is 1.20 bits per heavy atom. The standard InChI is InChI=1S/C22H21ClN4O3/c1-15-20(3-2-10-28)25-21-7-6-18(13-27(15)21)26-9-8-19(11-22(26)29)30-14-17-5-4-16(23)12-24-17/h4-9,11-13,28H,2-3,10,14H2,1H3. The Morgan fingerprint density at radius 3 is 2.80 bits per heavy atom. The molecule has 0 spiro atoms. The lowest BCUT2D eigenvalue weighted by Crippen LogP contribution is -2.17. The molecule has 0 saturated heterocycles. The van der Waals surface area contributed by atoms with Crippen LogP contribution >= 0.6 is 11.6 Å². The summed E-state index contributed by atoms with van der Waals surface area (Å²) in [4.78, 5) is 21.4. The van der Waals surface area contributed by atoms with E-state index in [0.29, 0.717) is 23.6 Å². The van der Waals surface area contributed by atoms with Gasteiger partial charge in [0.15, 0.2) is 0 Å². The third-order valence-corrected chi connectivity index (χ3v) is 5.08. The van der Waals surface area contributed by atoms with Gasteiger partial charge in [0.25, 0.3) is 5.56 Å². The molecule has 0 saturated carbocycles. The third-order valence-electron chi connectivity index (χ3n) is 4.86. The Bertz CT molecular complexity index is 1230. The number of aromatic nitrogens is 4. The summed E-state index contributed by atoms with van der Waals surface area (Å²) < 4.78 is 9.20. The number of hydrogen-bond donors (Lipinski definition) is 1. The maximum absolute atomic E-state index is 12.7. The van der Waals surface area contributed by atoms with Crippen LogP contribution in [-0.2, 0) is 13.0 Å². The van der Waals surface area contributed by atoms with Crippen LogP contribution in [-0.4, -0.2) is 30.6 Å². The van der Waals surface area contributed by atoms with Crippen molar-refractivity contribution in [1.82, 2.24) is 18.9 Å². The molecule has 1 N–H and O–H groups in total. The SMILES string of the molecule is Cc1c(CCCO)nc2ccc(-n3ccc(OCc4ccc(Cl)cn4)cc3=O)cn12. The molecule has 0 atom stereocenters. The molecule has 8 heteroatoms. The monoisotopic (exact) mass is 424 g/mol. The fourth-order valence-electron chi connectivity index (χ4n) is 3.24. The summed E-state index contributed by atoms with van der Waals surface area (Å²) >= 11 is 5.83. The Labute approximate surface area is 178 Å². The second kappa shape index (κ2) is 8.69. The predicted octanol–water partition coefficient (Wildman–Crippen LogP) is 3.35. The summed E-state index contributed by atoms with van der Waals surface area (Å²) in [7, 11) is 0. The van der Waals surface area contributed by atoms with Crippen LogP contribution in [0.15, 0.2) is 59.8 Å². The predicted molar refractivity (Wildman–Crippen MR) is 115 cm³/mol. The summed E-state index contributed by atoms with van der Waals surface area (Å²) in [5.74, 6) is 0.471. The average molecular weight is 425 g/mol. The highest BCUT2D eigenvalue weighted by Crippen LogP contribution is 2.17. The summed E-state index contributed by atoms with van der Waals surface area (Å²) in [5, 5.41) is 9.62. The summed E-state index contributed by atoms with van der Waals surface area (Å²) in [5.41, 5.74) is 4.02. The third kappa shape index (κ3) is 4.22. The number of aliphatic hydroxyl groups excluding tert-OH is 1. The lowest BCUT2D eigenvalue weighted by atomic mass is 10.2. The lowest BCUT2D eigenvalue weighted by molar-refractivity contribution is 0.288. The Kier molecular flexibility index (Phi) is 5.83. The molecular formula is C22H21ClN4O3. The summed E-state index contributed by atoms with van der Waals surface area (Å²) in [6.07, 6.45) is 6.52. The van der Waals surface area contributed by atoms with Crippen molar-refractivity contribution in [3.63, 3.8) is 0 Å². The number of hydrogen-bond acceptors (Lipinski definition) is 5. The second-order valence-corrected chi connectivity index (χ2v) is 7.35. The van der Waals surface area contributed by atoms with E-state index in [-0.39, 0.29) is 18.8 Å². The van der Waals surface area contributed by atoms with Crippen LogP contribution < -0.4 is 10.3 Å². The first kappa shape index (κ1) is 20.1. The quantitative estimate of drug-likeness (QED) is 0.492. The number of ether oxygens (including phenoxy) is 1. The van der Waals surface area contributed by atoms with Crippen molar-refractivity contribution in [3.05, 3.63) is 87.4 Å². The number of aryl methyl sites for hydroxylation is 2. The molecule has 0 bridgehead atoms. The van der Waals surface area contributed by atoms with Gasteiger partial charge in [-0.3, -0.25) is 14.3 Å². The number of rotatable bonds is 7. The average Bonchev–Trinajstić information content (AvgIpc) is 3.07. The first-order valence-electron chi connectivity index (χ1n) is 9.60. The highest BCUT2D eigenvalue weighted by Gasteiger charge is 2.10. The lowest BCUT2D eigenvalue weighted by Gasteiger charge is -2.09. The molecule has 0 unspecified atom stereocenters. The molecule has 7 nitrogen and oxygen atoms in total. The van der Waals surface area contributed by atoms with E-state index in [1.807, 2.05) is 29.7 Å². The molecule has 4 aromatic heterocycles. The molecule has 0 amide bonds. The van der Waals surface area contributed by atoms with Crippen molar-refractivity contribution >= 4 is 17.2 Å². The van der Waals surface area contributed by atoms with E-state index in [9.17, 15) is 4.79 Å². The van der Waals surface area contributed by atoms with Crippen LogP contribution in [0.3, 0.4) is 0 Å². The molecular weight excluding hydrogens is 404 g/mol. The molecule has 4 heterocycles. The van der Waals surface area contributed by atoms with Gasteiger partial charge in [-0.25, -0.2) is 4.98 Å². The van der Waals surface area contributed by atoms with Gasteiger partial charge in [0.2, 0.25) is 0 Å². The van der Waals surface area contributed by atoms with Crippen molar-refractivity contribution in [2.75, 3.05) is 6.61 Å². The first-order chi connectivity index (χ1) is 14.5. The first-order valence-corrected chi connectivity index (χ1v) is 9.98.